The summed E-state index contributed by atoms with van der Waals surface area (Å²) in [7, 11) is -3.48. The number of hydrogen-bond acceptors (Lipinski definition) is 3. The van der Waals surface area contributed by atoms with Crippen LogP contribution in [0.4, 0.5) is 0 Å². The zero-order chi connectivity index (χ0) is 20.1. The predicted molar refractivity (Wildman–Crippen MR) is 110 cm³/mol. The van der Waals surface area contributed by atoms with Gasteiger partial charge in [0.2, 0.25) is 15.9 Å². The molecule has 6 heteroatoms. The number of sulfonamides is 1. The highest BCUT2D eigenvalue weighted by atomic mass is 32.2. The number of hydrogen-bond donors (Lipinski definition) is 1. The Morgan fingerprint density at radius 1 is 1.07 bits per heavy atom. The first-order chi connectivity index (χ1) is 13.4. The van der Waals surface area contributed by atoms with Crippen LogP contribution in [0.15, 0.2) is 59.5 Å². The number of benzene rings is 2. The highest BCUT2D eigenvalue weighted by Crippen LogP contribution is 2.25. The van der Waals surface area contributed by atoms with Crippen molar-refractivity contribution >= 4 is 15.9 Å². The molecule has 0 aromatic heterocycles. The summed E-state index contributed by atoms with van der Waals surface area (Å²) in [6.45, 7) is 4.84. The van der Waals surface area contributed by atoms with Crippen molar-refractivity contribution in [2.75, 3.05) is 13.1 Å². The molecule has 1 aliphatic rings. The minimum absolute atomic E-state index is 0.0146. The Bertz CT molecular complexity index is 887. The first-order valence-electron chi connectivity index (χ1n) is 9.84. The number of carbonyl (C=O) groups excluding carboxylic acids is 1. The van der Waals surface area contributed by atoms with Gasteiger partial charge in [-0.15, -0.1) is 0 Å². The van der Waals surface area contributed by atoms with Crippen LogP contribution >= 0.6 is 0 Å². The summed E-state index contributed by atoms with van der Waals surface area (Å²) >= 11 is 0. The molecule has 0 radical (unpaired) electrons. The monoisotopic (exact) mass is 400 g/mol. The third kappa shape index (κ3) is 4.62. The van der Waals surface area contributed by atoms with Gasteiger partial charge in [-0.2, -0.15) is 4.31 Å². The van der Waals surface area contributed by atoms with E-state index in [1.165, 1.54) is 9.87 Å². The Morgan fingerprint density at radius 3 is 2.25 bits per heavy atom. The van der Waals surface area contributed by atoms with Crippen LogP contribution in [0.25, 0.3) is 0 Å². The van der Waals surface area contributed by atoms with E-state index < -0.39 is 10.0 Å². The molecule has 1 amide bonds. The number of nitrogens with zero attached hydrogens (tertiary/aromatic N) is 1. The van der Waals surface area contributed by atoms with Gasteiger partial charge < -0.3 is 5.32 Å². The summed E-state index contributed by atoms with van der Waals surface area (Å²) in [6, 6.07) is 16.7. The molecule has 0 saturated carbocycles. The van der Waals surface area contributed by atoms with Gasteiger partial charge in [-0.05, 0) is 43.9 Å². The van der Waals surface area contributed by atoms with Gasteiger partial charge >= 0.3 is 0 Å². The van der Waals surface area contributed by atoms with E-state index in [1.807, 2.05) is 6.92 Å². The Hall–Kier alpha value is -2.18. The number of nitrogens with one attached hydrogen (secondary N) is 1. The van der Waals surface area contributed by atoms with E-state index in [0.717, 1.165) is 12.0 Å². The lowest BCUT2D eigenvalue weighted by Gasteiger charge is -2.31. The largest absolute Gasteiger partial charge is 0.349 e. The SMILES string of the molecule is CC[C@H](NC(=O)C1CCN(S(=O)(=O)c2ccccc2)CC1)c1ccc(C)cc1. The molecule has 0 aliphatic carbocycles. The normalized spacial score (nSPS) is 17.2. The number of aryl methyl sites for hydroxylation is 1. The second-order valence-electron chi connectivity index (χ2n) is 7.37. The van der Waals surface area contributed by atoms with Gasteiger partial charge in [-0.25, -0.2) is 8.42 Å². The molecule has 0 bridgehead atoms. The average Bonchev–Trinajstić information content (AvgIpc) is 2.73. The van der Waals surface area contributed by atoms with Crippen LogP contribution in [0.5, 0.6) is 0 Å². The minimum Gasteiger partial charge on any atom is -0.349 e. The van der Waals surface area contributed by atoms with E-state index in [1.54, 1.807) is 30.3 Å². The van der Waals surface area contributed by atoms with Gasteiger partial charge in [-0.1, -0.05) is 55.0 Å². The molecule has 1 saturated heterocycles. The second-order valence-corrected chi connectivity index (χ2v) is 9.31. The molecule has 1 heterocycles. The van der Waals surface area contributed by atoms with Crippen molar-refractivity contribution in [2.24, 2.45) is 5.92 Å². The first-order valence-corrected chi connectivity index (χ1v) is 11.3. The molecule has 5 nitrogen and oxygen atoms in total. The molecule has 150 valence electrons. The molecule has 1 fully saturated rings. The molecular formula is C22H28N2O3S. The van der Waals surface area contributed by atoms with Crippen LogP contribution in [0.3, 0.4) is 0 Å². The van der Waals surface area contributed by atoms with Crippen LogP contribution in [-0.4, -0.2) is 31.7 Å². The van der Waals surface area contributed by atoms with Crippen molar-refractivity contribution in [1.82, 2.24) is 9.62 Å². The lowest BCUT2D eigenvalue weighted by molar-refractivity contribution is -0.126. The van der Waals surface area contributed by atoms with Crippen molar-refractivity contribution in [2.45, 2.75) is 44.0 Å². The molecule has 0 spiro atoms. The van der Waals surface area contributed by atoms with Crippen molar-refractivity contribution in [3.63, 3.8) is 0 Å². The molecule has 1 aliphatic heterocycles. The summed E-state index contributed by atoms with van der Waals surface area (Å²) in [6.07, 6.45) is 1.90. The Labute approximate surface area is 167 Å². The maximum atomic E-state index is 12.8. The Morgan fingerprint density at radius 2 is 1.68 bits per heavy atom. The Kier molecular flexibility index (Phi) is 6.52. The molecular weight excluding hydrogens is 372 g/mol. The van der Waals surface area contributed by atoms with E-state index in [0.29, 0.717) is 30.8 Å². The highest BCUT2D eigenvalue weighted by molar-refractivity contribution is 7.89. The van der Waals surface area contributed by atoms with E-state index in [2.05, 4.69) is 36.5 Å². The fraction of sp³-hybridized carbons (Fsp3) is 0.409. The van der Waals surface area contributed by atoms with Crippen LogP contribution < -0.4 is 5.32 Å². The van der Waals surface area contributed by atoms with Crippen molar-refractivity contribution < 1.29 is 13.2 Å². The Balaban J connectivity index is 1.59. The maximum absolute atomic E-state index is 12.8. The topological polar surface area (TPSA) is 66.5 Å². The standard InChI is InChI=1S/C22H28N2O3S/c1-3-21(18-11-9-17(2)10-12-18)23-22(25)19-13-15-24(16-14-19)28(26,27)20-7-5-4-6-8-20/h4-12,19,21H,3,13-16H2,1-2H3,(H,23,25)/t21-/m0/s1. The lowest BCUT2D eigenvalue weighted by Crippen LogP contribution is -2.43. The van der Waals surface area contributed by atoms with Crippen LogP contribution in [-0.2, 0) is 14.8 Å². The van der Waals surface area contributed by atoms with Gasteiger partial charge in [0.15, 0.2) is 0 Å². The molecule has 3 rings (SSSR count). The number of piperidine rings is 1. The van der Waals surface area contributed by atoms with Gasteiger partial charge in [0, 0.05) is 19.0 Å². The van der Waals surface area contributed by atoms with E-state index in [9.17, 15) is 13.2 Å². The van der Waals surface area contributed by atoms with E-state index in [4.69, 9.17) is 0 Å². The van der Waals surface area contributed by atoms with Crippen molar-refractivity contribution in [3.8, 4) is 0 Å². The smallest absolute Gasteiger partial charge is 0.243 e. The van der Waals surface area contributed by atoms with Crippen LogP contribution in [0.1, 0.15) is 43.4 Å². The summed E-state index contributed by atoms with van der Waals surface area (Å²) in [4.78, 5) is 13.1. The van der Waals surface area contributed by atoms with Crippen LogP contribution in [0, 0.1) is 12.8 Å². The quantitative estimate of drug-likeness (QED) is 0.805. The van der Waals surface area contributed by atoms with Gasteiger partial charge in [0.1, 0.15) is 0 Å². The number of amides is 1. The van der Waals surface area contributed by atoms with Crippen molar-refractivity contribution in [3.05, 3.63) is 65.7 Å². The van der Waals surface area contributed by atoms with Gasteiger partial charge in [0.25, 0.3) is 0 Å². The summed E-state index contributed by atoms with van der Waals surface area (Å²) in [5.41, 5.74) is 2.29. The first kappa shape index (κ1) is 20.6. The van der Waals surface area contributed by atoms with Gasteiger partial charge in [0.05, 0.1) is 10.9 Å². The number of rotatable bonds is 6. The van der Waals surface area contributed by atoms with E-state index >= 15 is 0 Å². The number of carbonyl (C=O) groups is 1. The second kappa shape index (κ2) is 8.88. The minimum atomic E-state index is -3.48. The highest BCUT2D eigenvalue weighted by Gasteiger charge is 2.32. The molecule has 2 aromatic rings. The summed E-state index contributed by atoms with van der Waals surface area (Å²) < 4.78 is 26.9. The zero-order valence-electron chi connectivity index (χ0n) is 16.5. The van der Waals surface area contributed by atoms with Crippen LogP contribution in [0.2, 0.25) is 0 Å². The average molecular weight is 401 g/mol. The third-order valence-electron chi connectivity index (χ3n) is 5.41. The molecule has 1 atom stereocenters. The lowest BCUT2D eigenvalue weighted by atomic mass is 9.95. The fourth-order valence-corrected chi connectivity index (χ4v) is 5.10. The molecule has 2 aromatic carbocycles. The third-order valence-corrected chi connectivity index (χ3v) is 7.32. The maximum Gasteiger partial charge on any atom is 0.243 e. The molecule has 28 heavy (non-hydrogen) atoms. The molecule has 0 unspecified atom stereocenters. The fourth-order valence-electron chi connectivity index (χ4n) is 3.61. The molecule has 1 N–H and O–H groups in total. The van der Waals surface area contributed by atoms with Crippen molar-refractivity contribution in [1.29, 1.82) is 0 Å². The van der Waals surface area contributed by atoms with E-state index in [-0.39, 0.29) is 17.9 Å². The summed E-state index contributed by atoms with van der Waals surface area (Å²) in [5.74, 6) is -0.133. The summed E-state index contributed by atoms with van der Waals surface area (Å²) in [5, 5.41) is 3.15. The predicted octanol–water partition coefficient (Wildman–Crippen LogP) is 3.66. The zero-order valence-corrected chi connectivity index (χ0v) is 17.3. The van der Waals surface area contributed by atoms with Gasteiger partial charge in [-0.3, -0.25) is 4.79 Å².